The summed E-state index contributed by atoms with van der Waals surface area (Å²) in [5.74, 6) is 0.369. The maximum absolute atomic E-state index is 10.9. The lowest BCUT2D eigenvalue weighted by molar-refractivity contribution is -0.0745. The van der Waals surface area contributed by atoms with Gasteiger partial charge in [0.2, 0.25) is 0 Å². The SMILES string of the molecule is CS(=O)(=O)OCC12CC(CN(C(=O)O)C1)C2. The fraction of sp³-hybridized carbons (Fsp3) is 0.889. The van der Waals surface area contributed by atoms with Gasteiger partial charge in [0, 0.05) is 18.5 Å². The van der Waals surface area contributed by atoms with Crippen LogP contribution < -0.4 is 0 Å². The van der Waals surface area contributed by atoms with Crippen LogP contribution in [-0.4, -0.2) is 50.5 Å². The van der Waals surface area contributed by atoms with E-state index in [4.69, 9.17) is 9.29 Å². The van der Waals surface area contributed by atoms with Crippen LogP contribution >= 0.6 is 0 Å². The van der Waals surface area contributed by atoms with Gasteiger partial charge in [-0.25, -0.2) is 4.79 Å². The smallest absolute Gasteiger partial charge is 0.407 e. The van der Waals surface area contributed by atoms with E-state index in [-0.39, 0.29) is 12.0 Å². The molecule has 7 heteroatoms. The van der Waals surface area contributed by atoms with Crippen molar-refractivity contribution < 1.29 is 22.5 Å². The summed E-state index contributed by atoms with van der Waals surface area (Å²) in [6, 6.07) is 0. The van der Waals surface area contributed by atoms with Gasteiger partial charge in [0.05, 0.1) is 12.9 Å². The Hall–Kier alpha value is -0.820. The summed E-state index contributed by atoms with van der Waals surface area (Å²) >= 11 is 0. The average Bonchev–Trinajstić information content (AvgIpc) is 2.12. The first-order chi connectivity index (χ1) is 7.30. The molecule has 3 rings (SSSR count). The molecular weight excluding hydrogens is 234 g/mol. The fourth-order valence-electron chi connectivity index (χ4n) is 2.75. The Kier molecular flexibility index (Phi) is 2.62. The number of hydrogen-bond acceptors (Lipinski definition) is 4. The molecule has 0 aromatic heterocycles. The van der Waals surface area contributed by atoms with Crippen molar-refractivity contribution in [1.29, 1.82) is 0 Å². The zero-order valence-electron chi connectivity index (χ0n) is 9.05. The van der Waals surface area contributed by atoms with Crippen molar-refractivity contribution in [2.45, 2.75) is 12.8 Å². The third kappa shape index (κ3) is 2.30. The van der Waals surface area contributed by atoms with Gasteiger partial charge in [-0.3, -0.25) is 4.18 Å². The summed E-state index contributed by atoms with van der Waals surface area (Å²) in [6.07, 6.45) is 1.81. The van der Waals surface area contributed by atoms with E-state index in [1.165, 1.54) is 4.90 Å². The summed E-state index contributed by atoms with van der Waals surface area (Å²) in [4.78, 5) is 12.2. The van der Waals surface area contributed by atoms with Crippen LogP contribution in [0.3, 0.4) is 0 Å². The first-order valence-corrected chi connectivity index (χ1v) is 6.94. The third-order valence-electron chi connectivity index (χ3n) is 3.30. The standard InChI is InChI=1S/C9H15NO5S/c1-16(13,14)15-6-9-2-7(3-9)4-10(5-9)8(11)12/h7H,2-6H2,1H3,(H,11,12). The molecule has 0 aromatic rings. The van der Waals surface area contributed by atoms with Gasteiger partial charge in [0.25, 0.3) is 10.1 Å². The molecule has 3 fully saturated rings. The molecule has 92 valence electrons. The van der Waals surface area contributed by atoms with Gasteiger partial charge in [0.1, 0.15) is 0 Å². The van der Waals surface area contributed by atoms with Crippen LogP contribution in [0.2, 0.25) is 0 Å². The van der Waals surface area contributed by atoms with Crippen molar-refractivity contribution in [3.8, 4) is 0 Å². The lowest BCUT2D eigenvalue weighted by Crippen LogP contribution is -2.59. The second-order valence-electron chi connectivity index (χ2n) is 4.90. The van der Waals surface area contributed by atoms with Crippen molar-refractivity contribution in [2.75, 3.05) is 26.0 Å². The second kappa shape index (κ2) is 3.59. The van der Waals surface area contributed by atoms with Crippen molar-refractivity contribution in [2.24, 2.45) is 11.3 Å². The molecule has 2 heterocycles. The molecule has 1 amide bonds. The predicted octanol–water partition coefficient (Wildman–Crippen LogP) is 0.353. The minimum Gasteiger partial charge on any atom is -0.465 e. The van der Waals surface area contributed by atoms with Crippen LogP contribution in [0.5, 0.6) is 0 Å². The molecule has 1 N–H and O–H groups in total. The van der Waals surface area contributed by atoms with Gasteiger partial charge in [-0.1, -0.05) is 0 Å². The molecule has 0 spiro atoms. The topological polar surface area (TPSA) is 83.9 Å². The maximum atomic E-state index is 10.9. The van der Waals surface area contributed by atoms with E-state index in [1.54, 1.807) is 0 Å². The number of hydrogen-bond donors (Lipinski definition) is 1. The summed E-state index contributed by atoms with van der Waals surface area (Å²) in [5, 5.41) is 8.89. The molecule has 0 unspecified atom stereocenters. The molecule has 0 atom stereocenters. The zero-order chi connectivity index (χ0) is 12.0. The highest BCUT2D eigenvalue weighted by molar-refractivity contribution is 7.85. The van der Waals surface area contributed by atoms with Crippen molar-refractivity contribution in [1.82, 2.24) is 4.90 Å². The Bertz CT molecular complexity index is 398. The Balaban J connectivity index is 1.97. The highest BCUT2D eigenvalue weighted by Crippen LogP contribution is 2.50. The third-order valence-corrected chi connectivity index (χ3v) is 3.84. The first kappa shape index (κ1) is 11.7. The van der Waals surface area contributed by atoms with Gasteiger partial charge in [0.15, 0.2) is 0 Å². The van der Waals surface area contributed by atoms with Crippen LogP contribution in [0.25, 0.3) is 0 Å². The molecule has 6 nitrogen and oxygen atoms in total. The number of rotatable bonds is 3. The Morgan fingerprint density at radius 3 is 2.69 bits per heavy atom. The number of carboxylic acid groups (broad SMARTS) is 1. The molecule has 3 aliphatic rings. The molecule has 2 aliphatic heterocycles. The van der Waals surface area contributed by atoms with Crippen molar-refractivity contribution in [3.05, 3.63) is 0 Å². The molecule has 0 aromatic carbocycles. The van der Waals surface area contributed by atoms with Gasteiger partial charge >= 0.3 is 6.09 Å². The minimum atomic E-state index is -3.44. The van der Waals surface area contributed by atoms with E-state index in [0.29, 0.717) is 19.0 Å². The van der Waals surface area contributed by atoms with Gasteiger partial charge in [-0.15, -0.1) is 0 Å². The number of piperidine rings is 2. The van der Waals surface area contributed by atoms with E-state index in [9.17, 15) is 13.2 Å². The van der Waals surface area contributed by atoms with E-state index in [1.807, 2.05) is 0 Å². The van der Waals surface area contributed by atoms with Crippen LogP contribution in [0.15, 0.2) is 0 Å². The molecule has 1 saturated carbocycles. The highest BCUT2D eigenvalue weighted by Gasteiger charge is 2.51. The summed E-state index contributed by atoms with van der Waals surface area (Å²) in [6.45, 7) is 1.05. The first-order valence-electron chi connectivity index (χ1n) is 5.12. The van der Waals surface area contributed by atoms with Gasteiger partial charge in [-0.05, 0) is 18.8 Å². The number of fused-ring (bicyclic) bond motifs is 2. The largest absolute Gasteiger partial charge is 0.465 e. The van der Waals surface area contributed by atoms with Crippen LogP contribution in [0.1, 0.15) is 12.8 Å². The van der Waals surface area contributed by atoms with Gasteiger partial charge in [-0.2, -0.15) is 8.42 Å². The lowest BCUT2D eigenvalue weighted by atomic mass is 9.59. The Morgan fingerprint density at radius 1 is 1.56 bits per heavy atom. The molecular formula is C9H15NO5S. The predicted molar refractivity (Wildman–Crippen MR) is 55.6 cm³/mol. The second-order valence-corrected chi connectivity index (χ2v) is 6.55. The molecule has 2 bridgehead atoms. The highest BCUT2D eigenvalue weighted by atomic mass is 32.2. The monoisotopic (exact) mass is 249 g/mol. The van der Waals surface area contributed by atoms with Crippen LogP contribution in [-0.2, 0) is 14.3 Å². The fourth-order valence-corrected chi connectivity index (χ4v) is 3.21. The molecule has 0 radical (unpaired) electrons. The minimum absolute atomic E-state index is 0.103. The van der Waals surface area contributed by atoms with E-state index in [2.05, 4.69) is 0 Å². The summed E-state index contributed by atoms with van der Waals surface area (Å²) < 4.78 is 26.6. The zero-order valence-corrected chi connectivity index (χ0v) is 9.87. The van der Waals surface area contributed by atoms with E-state index in [0.717, 1.165) is 19.1 Å². The number of carbonyl (C=O) groups is 1. The number of nitrogens with zero attached hydrogens (tertiary/aromatic N) is 1. The van der Waals surface area contributed by atoms with E-state index >= 15 is 0 Å². The average molecular weight is 249 g/mol. The summed E-state index contributed by atoms with van der Waals surface area (Å²) in [5.41, 5.74) is -0.273. The molecule has 2 saturated heterocycles. The van der Waals surface area contributed by atoms with E-state index < -0.39 is 16.2 Å². The van der Waals surface area contributed by atoms with Crippen molar-refractivity contribution in [3.63, 3.8) is 0 Å². The number of amides is 1. The van der Waals surface area contributed by atoms with Crippen LogP contribution in [0.4, 0.5) is 4.79 Å². The molecule has 1 aliphatic carbocycles. The lowest BCUT2D eigenvalue weighted by Gasteiger charge is -2.55. The normalized spacial score (nSPS) is 33.3. The molecule has 16 heavy (non-hydrogen) atoms. The summed E-state index contributed by atoms with van der Waals surface area (Å²) in [7, 11) is -3.44. The Morgan fingerprint density at radius 2 is 2.19 bits per heavy atom. The van der Waals surface area contributed by atoms with Gasteiger partial charge < -0.3 is 10.0 Å². The maximum Gasteiger partial charge on any atom is 0.407 e. The Labute approximate surface area is 94.3 Å². The quantitative estimate of drug-likeness (QED) is 0.730. The van der Waals surface area contributed by atoms with Crippen LogP contribution in [0, 0.1) is 11.3 Å². The van der Waals surface area contributed by atoms with Crippen molar-refractivity contribution >= 4 is 16.2 Å².